The Morgan fingerprint density at radius 3 is 2.47 bits per heavy atom. The van der Waals surface area contributed by atoms with E-state index in [1.54, 1.807) is 42.5 Å². The number of hydrogen-bond donors (Lipinski definition) is 4. The van der Waals surface area contributed by atoms with Crippen molar-refractivity contribution in [3.63, 3.8) is 0 Å². The van der Waals surface area contributed by atoms with Crippen LogP contribution < -0.4 is 16.0 Å². The first-order chi connectivity index (χ1) is 14.3. The van der Waals surface area contributed by atoms with Gasteiger partial charge in [-0.3, -0.25) is 19.7 Å². The molecule has 0 bridgehead atoms. The van der Waals surface area contributed by atoms with E-state index in [0.717, 1.165) is 5.56 Å². The standard InChI is InChI=1S/C21H26N4O5/c1-15(26)24-18-8-6-16(7-9-18)12-21(28)23-11-10-22-14-19(27)13-17-4-2-3-5-20(17)25(29)30/h2-9,19,22,27H,10-14H2,1H3,(H,23,28)(H,24,26). The highest BCUT2D eigenvalue weighted by atomic mass is 16.6. The molecule has 9 nitrogen and oxygen atoms in total. The number of aliphatic hydroxyl groups excluding tert-OH is 1. The summed E-state index contributed by atoms with van der Waals surface area (Å²) in [5.41, 5.74) is 1.98. The Morgan fingerprint density at radius 1 is 1.10 bits per heavy atom. The molecule has 2 rings (SSSR count). The van der Waals surface area contributed by atoms with Gasteiger partial charge in [-0.05, 0) is 17.7 Å². The molecule has 1 atom stereocenters. The number of carbonyl (C=O) groups is 2. The minimum absolute atomic E-state index is 0.00563. The van der Waals surface area contributed by atoms with E-state index >= 15 is 0 Å². The summed E-state index contributed by atoms with van der Waals surface area (Å²) in [6.45, 7) is 2.54. The lowest BCUT2D eigenvalue weighted by atomic mass is 10.1. The van der Waals surface area contributed by atoms with E-state index in [0.29, 0.717) is 24.3 Å². The number of benzene rings is 2. The third kappa shape index (κ3) is 7.98. The van der Waals surface area contributed by atoms with Gasteiger partial charge in [-0.2, -0.15) is 0 Å². The van der Waals surface area contributed by atoms with Crippen molar-refractivity contribution in [2.45, 2.75) is 25.9 Å². The topological polar surface area (TPSA) is 134 Å². The first-order valence-electron chi connectivity index (χ1n) is 9.59. The van der Waals surface area contributed by atoms with Crippen molar-refractivity contribution in [3.05, 3.63) is 69.8 Å². The van der Waals surface area contributed by atoms with Crippen LogP contribution in [0.3, 0.4) is 0 Å². The third-order valence-electron chi connectivity index (χ3n) is 4.29. The first kappa shape index (κ1) is 23.0. The Labute approximate surface area is 174 Å². The van der Waals surface area contributed by atoms with E-state index in [4.69, 9.17) is 0 Å². The van der Waals surface area contributed by atoms with Crippen molar-refractivity contribution in [2.24, 2.45) is 0 Å². The molecule has 0 aliphatic carbocycles. The molecule has 0 fully saturated rings. The largest absolute Gasteiger partial charge is 0.391 e. The molecule has 9 heteroatoms. The van der Waals surface area contributed by atoms with Crippen molar-refractivity contribution in [1.29, 1.82) is 0 Å². The van der Waals surface area contributed by atoms with Crippen molar-refractivity contribution < 1.29 is 19.6 Å². The second kappa shape index (κ2) is 11.6. The minimum Gasteiger partial charge on any atom is -0.391 e. The summed E-state index contributed by atoms with van der Waals surface area (Å²) in [6.07, 6.45) is -0.380. The smallest absolute Gasteiger partial charge is 0.272 e. The Balaban J connectivity index is 1.64. The van der Waals surface area contributed by atoms with E-state index in [2.05, 4.69) is 16.0 Å². The number of hydrogen-bond acceptors (Lipinski definition) is 6. The third-order valence-corrected chi connectivity index (χ3v) is 4.29. The molecule has 30 heavy (non-hydrogen) atoms. The van der Waals surface area contributed by atoms with Crippen LogP contribution in [0.5, 0.6) is 0 Å². The van der Waals surface area contributed by atoms with Gasteiger partial charge >= 0.3 is 0 Å². The molecule has 0 aliphatic rings. The number of rotatable bonds is 11. The van der Waals surface area contributed by atoms with E-state index < -0.39 is 11.0 Å². The average Bonchev–Trinajstić information content (AvgIpc) is 2.69. The maximum atomic E-state index is 12.0. The molecule has 0 radical (unpaired) electrons. The van der Waals surface area contributed by atoms with Crippen LogP contribution in [-0.4, -0.2) is 47.6 Å². The zero-order chi connectivity index (χ0) is 21.9. The fourth-order valence-corrected chi connectivity index (χ4v) is 2.90. The van der Waals surface area contributed by atoms with Gasteiger partial charge in [0.15, 0.2) is 0 Å². The molecule has 0 spiro atoms. The van der Waals surface area contributed by atoms with Crippen LogP contribution in [0, 0.1) is 10.1 Å². The highest BCUT2D eigenvalue weighted by molar-refractivity contribution is 5.88. The van der Waals surface area contributed by atoms with Crippen molar-refractivity contribution in [2.75, 3.05) is 25.0 Å². The monoisotopic (exact) mass is 414 g/mol. The fourth-order valence-electron chi connectivity index (χ4n) is 2.90. The number of amides is 2. The second-order valence-electron chi connectivity index (χ2n) is 6.85. The molecular weight excluding hydrogens is 388 g/mol. The van der Waals surface area contributed by atoms with E-state index in [1.807, 2.05) is 0 Å². The van der Waals surface area contributed by atoms with Crippen molar-refractivity contribution in [1.82, 2.24) is 10.6 Å². The number of nitrogens with zero attached hydrogens (tertiary/aromatic N) is 1. The summed E-state index contributed by atoms with van der Waals surface area (Å²) in [7, 11) is 0. The maximum Gasteiger partial charge on any atom is 0.272 e. The van der Waals surface area contributed by atoms with Crippen LogP contribution in [0.25, 0.3) is 0 Å². The van der Waals surface area contributed by atoms with Crippen LogP contribution in [0.2, 0.25) is 0 Å². The van der Waals surface area contributed by atoms with Crippen LogP contribution in [0.1, 0.15) is 18.1 Å². The van der Waals surface area contributed by atoms with Gasteiger partial charge in [-0.1, -0.05) is 30.3 Å². The maximum absolute atomic E-state index is 12.0. The number of nitro groups is 1. The number of para-hydroxylation sites is 1. The molecule has 0 aromatic heterocycles. The summed E-state index contributed by atoms with van der Waals surface area (Å²) < 4.78 is 0. The van der Waals surface area contributed by atoms with E-state index in [9.17, 15) is 24.8 Å². The zero-order valence-corrected chi connectivity index (χ0v) is 16.8. The summed E-state index contributed by atoms with van der Waals surface area (Å²) in [5, 5.41) is 29.6. The highest BCUT2D eigenvalue weighted by Crippen LogP contribution is 2.19. The molecule has 2 aromatic carbocycles. The number of nitrogens with one attached hydrogen (secondary N) is 3. The van der Waals surface area contributed by atoms with Gasteiger partial charge in [0.1, 0.15) is 0 Å². The van der Waals surface area contributed by atoms with E-state index in [-0.39, 0.29) is 36.9 Å². The molecule has 2 amide bonds. The molecule has 0 saturated carbocycles. The summed E-state index contributed by atoms with van der Waals surface area (Å²) in [4.78, 5) is 33.5. The predicted octanol–water partition coefficient (Wildman–Crippen LogP) is 1.41. The van der Waals surface area contributed by atoms with E-state index in [1.165, 1.54) is 13.0 Å². The summed E-state index contributed by atoms with van der Waals surface area (Å²) in [6, 6.07) is 13.4. The van der Waals surface area contributed by atoms with Crippen LogP contribution in [0.15, 0.2) is 48.5 Å². The van der Waals surface area contributed by atoms with Gasteiger partial charge in [-0.25, -0.2) is 0 Å². The van der Waals surface area contributed by atoms with Gasteiger partial charge in [0.25, 0.3) is 5.69 Å². The van der Waals surface area contributed by atoms with Crippen LogP contribution in [0.4, 0.5) is 11.4 Å². The van der Waals surface area contributed by atoms with Gasteiger partial charge in [-0.15, -0.1) is 0 Å². The quantitative estimate of drug-likeness (QED) is 0.250. The number of nitro benzene ring substituents is 1. The lowest BCUT2D eigenvalue weighted by molar-refractivity contribution is -0.385. The van der Waals surface area contributed by atoms with Crippen molar-refractivity contribution in [3.8, 4) is 0 Å². The number of anilines is 1. The lowest BCUT2D eigenvalue weighted by Crippen LogP contribution is -2.36. The number of carbonyl (C=O) groups excluding carboxylic acids is 2. The molecular formula is C21H26N4O5. The fraction of sp³-hybridized carbons (Fsp3) is 0.333. The van der Waals surface area contributed by atoms with Gasteiger partial charge in [0.2, 0.25) is 11.8 Å². The van der Waals surface area contributed by atoms with Crippen LogP contribution >= 0.6 is 0 Å². The minimum atomic E-state index is -0.774. The molecule has 0 saturated heterocycles. The van der Waals surface area contributed by atoms with Gasteiger partial charge in [0, 0.05) is 50.3 Å². The second-order valence-corrected chi connectivity index (χ2v) is 6.85. The Morgan fingerprint density at radius 2 is 1.80 bits per heavy atom. The van der Waals surface area contributed by atoms with Gasteiger partial charge < -0.3 is 21.1 Å². The normalized spacial score (nSPS) is 11.5. The molecule has 160 valence electrons. The Bertz CT molecular complexity index is 870. The average molecular weight is 414 g/mol. The number of aliphatic hydroxyl groups is 1. The SMILES string of the molecule is CC(=O)Nc1ccc(CC(=O)NCCNCC(O)Cc2ccccc2[N+](=O)[O-])cc1. The molecule has 4 N–H and O–H groups in total. The predicted molar refractivity (Wildman–Crippen MR) is 113 cm³/mol. The lowest BCUT2D eigenvalue weighted by Gasteiger charge is -2.12. The Kier molecular flexibility index (Phi) is 8.92. The van der Waals surface area contributed by atoms with Crippen LogP contribution in [-0.2, 0) is 22.4 Å². The first-order valence-corrected chi connectivity index (χ1v) is 9.59. The molecule has 0 aliphatic heterocycles. The Hall–Kier alpha value is -3.30. The van der Waals surface area contributed by atoms with Gasteiger partial charge in [0.05, 0.1) is 17.4 Å². The highest BCUT2D eigenvalue weighted by Gasteiger charge is 2.15. The zero-order valence-electron chi connectivity index (χ0n) is 16.8. The molecule has 0 heterocycles. The molecule has 2 aromatic rings. The summed E-state index contributed by atoms with van der Waals surface area (Å²) in [5.74, 6) is -0.287. The summed E-state index contributed by atoms with van der Waals surface area (Å²) >= 11 is 0. The van der Waals surface area contributed by atoms with Crippen molar-refractivity contribution >= 4 is 23.2 Å². The molecule has 1 unspecified atom stereocenters.